The molecule has 1 unspecified atom stereocenters. The molecule has 18 heavy (non-hydrogen) atoms. The molecular formula is C14H21N3O. The van der Waals surface area contributed by atoms with Gasteiger partial charge in [0.15, 0.2) is 6.61 Å². The van der Waals surface area contributed by atoms with Crippen LogP contribution in [0.25, 0.3) is 0 Å². The second-order valence-electron chi connectivity index (χ2n) is 4.60. The first-order valence-corrected chi connectivity index (χ1v) is 6.21. The zero-order valence-corrected chi connectivity index (χ0v) is 11.0. The number of hydrogen-bond donors (Lipinski definition) is 2. The van der Waals surface area contributed by atoms with E-state index in [-0.39, 0.29) is 6.61 Å². The largest absolute Gasteiger partial charge is 0.479 e. The van der Waals surface area contributed by atoms with Crippen molar-refractivity contribution in [3.8, 4) is 11.8 Å². The zero-order chi connectivity index (χ0) is 13.4. The van der Waals surface area contributed by atoms with Crippen molar-refractivity contribution in [2.24, 2.45) is 17.6 Å². The molecule has 0 saturated carbocycles. The van der Waals surface area contributed by atoms with Gasteiger partial charge >= 0.3 is 0 Å². The zero-order valence-electron chi connectivity index (χ0n) is 11.0. The van der Waals surface area contributed by atoms with Crippen LogP contribution in [0, 0.1) is 23.2 Å². The molecule has 0 bridgehead atoms. The van der Waals surface area contributed by atoms with Crippen molar-refractivity contribution in [2.45, 2.75) is 13.8 Å². The minimum atomic E-state index is 0.0703. The maximum atomic E-state index is 8.46. The van der Waals surface area contributed by atoms with E-state index in [1.54, 1.807) is 0 Å². The Morgan fingerprint density at radius 3 is 2.83 bits per heavy atom. The summed E-state index contributed by atoms with van der Waals surface area (Å²) in [5.41, 5.74) is 6.72. The lowest BCUT2D eigenvalue weighted by molar-refractivity contribution is 0.368. The lowest BCUT2D eigenvalue weighted by Gasteiger charge is -2.20. The van der Waals surface area contributed by atoms with E-state index in [4.69, 9.17) is 15.7 Å². The molecule has 0 aliphatic heterocycles. The minimum Gasteiger partial charge on any atom is -0.479 e. The first-order chi connectivity index (χ1) is 8.67. The molecule has 0 fully saturated rings. The quantitative estimate of drug-likeness (QED) is 0.775. The van der Waals surface area contributed by atoms with Gasteiger partial charge in [0.05, 0.1) is 0 Å². The Labute approximate surface area is 109 Å². The van der Waals surface area contributed by atoms with Crippen molar-refractivity contribution in [1.82, 2.24) is 0 Å². The fourth-order valence-electron chi connectivity index (χ4n) is 1.65. The molecule has 4 nitrogen and oxygen atoms in total. The Hall–Kier alpha value is -1.73. The van der Waals surface area contributed by atoms with Gasteiger partial charge in [-0.3, -0.25) is 0 Å². The van der Waals surface area contributed by atoms with Gasteiger partial charge in [-0.2, -0.15) is 5.26 Å². The SMILES string of the molecule is CC(C)C(CN)CNc1cccc(OCC#N)c1. The summed E-state index contributed by atoms with van der Waals surface area (Å²) in [5.74, 6) is 1.71. The number of nitrogens with two attached hydrogens (primary N) is 1. The lowest BCUT2D eigenvalue weighted by atomic mass is 9.96. The number of ether oxygens (including phenoxy) is 1. The number of hydrogen-bond acceptors (Lipinski definition) is 4. The first-order valence-electron chi connectivity index (χ1n) is 6.21. The average Bonchev–Trinajstić information content (AvgIpc) is 2.37. The molecule has 0 aliphatic rings. The molecule has 0 saturated heterocycles. The summed E-state index contributed by atoms with van der Waals surface area (Å²) in [5, 5.41) is 11.8. The normalized spacial score (nSPS) is 11.9. The third kappa shape index (κ3) is 4.64. The van der Waals surface area contributed by atoms with E-state index in [2.05, 4.69) is 19.2 Å². The molecule has 98 valence electrons. The standard InChI is InChI=1S/C14H21N3O/c1-11(2)12(9-16)10-17-13-4-3-5-14(8-13)18-7-6-15/h3-5,8,11-12,17H,7,9-10,16H2,1-2H3. The number of nitrogens with one attached hydrogen (secondary N) is 1. The number of rotatable bonds is 7. The van der Waals surface area contributed by atoms with Gasteiger partial charge in [0, 0.05) is 18.3 Å². The maximum Gasteiger partial charge on any atom is 0.174 e. The molecule has 4 heteroatoms. The predicted molar refractivity (Wildman–Crippen MR) is 73.4 cm³/mol. The van der Waals surface area contributed by atoms with Crippen molar-refractivity contribution >= 4 is 5.69 Å². The van der Waals surface area contributed by atoms with Gasteiger partial charge in [-0.15, -0.1) is 0 Å². The molecule has 0 heterocycles. The van der Waals surface area contributed by atoms with Crippen molar-refractivity contribution in [1.29, 1.82) is 5.26 Å². The van der Waals surface area contributed by atoms with Crippen molar-refractivity contribution in [3.05, 3.63) is 24.3 Å². The van der Waals surface area contributed by atoms with Crippen LogP contribution in [0.5, 0.6) is 5.75 Å². The van der Waals surface area contributed by atoms with E-state index >= 15 is 0 Å². The number of benzene rings is 1. The smallest absolute Gasteiger partial charge is 0.174 e. The summed E-state index contributed by atoms with van der Waals surface area (Å²) in [6.07, 6.45) is 0. The third-order valence-corrected chi connectivity index (χ3v) is 2.95. The van der Waals surface area contributed by atoms with Crippen LogP contribution in [0.15, 0.2) is 24.3 Å². The highest BCUT2D eigenvalue weighted by atomic mass is 16.5. The van der Waals surface area contributed by atoms with Crippen molar-refractivity contribution in [2.75, 3.05) is 25.0 Å². The van der Waals surface area contributed by atoms with Crippen LogP contribution in [0.2, 0.25) is 0 Å². The Kier molecular flexibility index (Phi) is 6.03. The number of nitrogens with zero attached hydrogens (tertiary/aromatic N) is 1. The van der Waals surface area contributed by atoms with Crippen LogP contribution in [0.4, 0.5) is 5.69 Å². The van der Waals surface area contributed by atoms with Crippen LogP contribution in [0.3, 0.4) is 0 Å². The fourth-order valence-corrected chi connectivity index (χ4v) is 1.65. The molecule has 1 atom stereocenters. The van der Waals surface area contributed by atoms with E-state index < -0.39 is 0 Å². The summed E-state index contributed by atoms with van der Waals surface area (Å²) in [4.78, 5) is 0. The van der Waals surface area contributed by atoms with E-state index in [0.29, 0.717) is 24.1 Å². The van der Waals surface area contributed by atoms with Gasteiger partial charge in [0.2, 0.25) is 0 Å². The Bertz CT molecular complexity index is 398. The lowest BCUT2D eigenvalue weighted by Crippen LogP contribution is -2.27. The highest BCUT2D eigenvalue weighted by Gasteiger charge is 2.10. The summed E-state index contributed by atoms with van der Waals surface area (Å²) >= 11 is 0. The topological polar surface area (TPSA) is 71.1 Å². The molecule has 0 spiro atoms. The first kappa shape index (κ1) is 14.3. The van der Waals surface area contributed by atoms with Gasteiger partial charge in [0.1, 0.15) is 11.8 Å². The second-order valence-corrected chi connectivity index (χ2v) is 4.60. The molecule has 1 aromatic rings. The van der Waals surface area contributed by atoms with Crippen LogP contribution >= 0.6 is 0 Å². The molecule has 1 aromatic carbocycles. The van der Waals surface area contributed by atoms with Crippen molar-refractivity contribution < 1.29 is 4.74 Å². The van der Waals surface area contributed by atoms with E-state index in [9.17, 15) is 0 Å². The van der Waals surface area contributed by atoms with Crippen LogP contribution in [0.1, 0.15) is 13.8 Å². The Morgan fingerprint density at radius 1 is 1.44 bits per heavy atom. The van der Waals surface area contributed by atoms with Crippen LogP contribution in [-0.4, -0.2) is 19.7 Å². The molecule has 0 aromatic heterocycles. The van der Waals surface area contributed by atoms with Crippen LogP contribution < -0.4 is 15.8 Å². The molecule has 0 radical (unpaired) electrons. The number of nitriles is 1. The van der Waals surface area contributed by atoms with Crippen LogP contribution in [-0.2, 0) is 0 Å². The van der Waals surface area contributed by atoms with E-state index in [0.717, 1.165) is 12.2 Å². The molecule has 3 N–H and O–H groups in total. The molecule has 0 aliphatic carbocycles. The minimum absolute atomic E-state index is 0.0703. The van der Waals surface area contributed by atoms with Gasteiger partial charge in [-0.05, 0) is 30.5 Å². The second kappa shape index (κ2) is 7.57. The summed E-state index contributed by atoms with van der Waals surface area (Å²) in [7, 11) is 0. The average molecular weight is 247 g/mol. The summed E-state index contributed by atoms with van der Waals surface area (Å²) in [6, 6.07) is 9.57. The predicted octanol–water partition coefficient (Wildman–Crippen LogP) is 2.23. The molecular weight excluding hydrogens is 226 g/mol. The van der Waals surface area contributed by atoms with E-state index in [1.807, 2.05) is 30.3 Å². The Morgan fingerprint density at radius 2 is 2.22 bits per heavy atom. The molecule has 1 rings (SSSR count). The number of anilines is 1. The van der Waals surface area contributed by atoms with E-state index in [1.165, 1.54) is 0 Å². The van der Waals surface area contributed by atoms with Gasteiger partial charge < -0.3 is 15.8 Å². The van der Waals surface area contributed by atoms with Gasteiger partial charge in [-0.25, -0.2) is 0 Å². The maximum absolute atomic E-state index is 8.46. The monoisotopic (exact) mass is 247 g/mol. The molecule has 0 amide bonds. The fraction of sp³-hybridized carbons (Fsp3) is 0.500. The highest BCUT2D eigenvalue weighted by molar-refractivity contribution is 5.48. The third-order valence-electron chi connectivity index (χ3n) is 2.95. The Balaban J connectivity index is 2.54. The van der Waals surface area contributed by atoms with Gasteiger partial charge in [-0.1, -0.05) is 19.9 Å². The highest BCUT2D eigenvalue weighted by Crippen LogP contribution is 2.18. The van der Waals surface area contributed by atoms with Gasteiger partial charge in [0.25, 0.3) is 0 Å². The summed E-state index contributed by atoms with van der Waals surface area (Å²) in [6.45, 7) is 5.93. The van der Waals surface area contributed by atoms with Crippen molar-refractivity contribution in [3.63, 3.8) is 0 Å². The summed E-state index contributed by atoms with van der Waals surface area (Å²) < 4.78 is 5.25.